The molecule has 0 N–H and O–H groups in total. The lowest BCUT2D eigenvalue weighted by molar-refractivity contribution is 0.0628. The molecule has 4 rings (SSSR count). The molecule has 0 radical (unpaired) electrons. The van der Waals surface area contributed by atoms with Crippen LogP contribution in [0.25, 0.3) is 10.8 Å². The highest BCUT2D eigenvalue weighted by atomic mass is 79.9. The molecule has 0 saturated heterocycles. The van der Waals surface area contributed by atoms with E-state index in [2.05, 4.69) is 47.8 Å². The Morgan fingerprint density at radius 1 is 0.680 bits per heavy atom. The van der Waals surface area contributed by atoms with Crippen molar-refractivity contribution in [3.63, 3.8) is 0 Å². The summed E-state index contributed by atoms with van der Waals surface area (Å²) in [4.78, 5) is 52.7. The van der Waals surface area contributed by atoms with E-state index in [1.54, 1.807) is 0 Å². The van der Waals surface area contributed by atoms with Crippen LogP contribution in [0.3, 0.4) is 0 Å². The fourth-order valence-electron chi connectivity index (χ4n) is 3.25. The first-order valence-corrected chi connectivity index (χ1v) is 9.38. The van der Waals surface area contributed by atoms with Gasteiger partial charge < -0.3 is 0 Å². The molecule has 25 heavy (non-hydrogen) atoms. The predicted molar refractivity (Wildman–Crippen MR) is 99.9 cm³/mol. The fourth-order valence-corrected chi connectivity index (χ4v) is 4.98. The van der Waals surface area contributed by atoms with E-state index in [0.717, 1.165) is 9.80 Å². The molecule has 2 aliphatic rings. The third kappa shape index (κ3) is 1.89. The Bertz CT molecular complexity index is 1090. The maximum Gasteiger partial charge on any atom is 0.262 e. The summed E-state index contributed by atoms with van der Waals surface area (Å²) in [6.45, 7) is 0. The summed E-state index contributed by atoms with van der Waals surface area (Å²) < 4.78 is 1.16. The lowest BCUT2D eigenvalue weighted by Crippen LogP contribution is -2.41. The lowest BCUT2D eigenvalue weighted by Gasteiger charge is -2.31. The van der Waals surface area contributed by atoms with Crippen LogP contribution < -0.4 is 0 Å². The van der Waals surface area contributed by atoms with Gasteiger partial charge in [0.05, 0.1) is 16.7 Å². The molecular formula is C16H7Br3N2O4. The quantitative estimate of drug-likeness (QED) is 0.488. The van der Waals surface area contributed by atoms with Crippen molar-refractivity contribution < 1.29 is 19.2 Å². The fraction of sp³-hybridized carbons (Fsp3) is 0.125. The number of benzene rings is 2. The molecule has 4 amide bonds. The van der Waals surface area contributed by atoms with Gasteiger partial charge in [0.25, 0.3) is 23.6 Å². The number of carbonyl (C=O) groups is 4. The highest BCUT2D eigenvalue weighted by Gasteiger charge is 2.41. The van der Waals surface area contributed by atoms with Crippen molar-refractivity contribution in [3.8, 4) is 0 Å². The summed E-state index contributed by atoms with van der Waals surface area (Å²) in [5.74, 6) is -1.97. The lowest BCUT2D eigenvalue weighted by atomic mass is 9.86. The van der Waals surface area contributed by atoms with E-state index >= 15 is 0 Å². The van der Waals surface area contributed by atoms with Crippen LogP contribution in [-0.2, 0) is 0 Å². The molecule has 0 saturated carbocycles. The van der Waals surface area contributed by atoms with Crippen molar-refractivity contribution in [1.29, 1.82) is 0 Å². The van der Waals surface area contributed by atoms with Gasteiger partial charge in [-0.15, -0.1) is 0 Å². The van der Waals surface area contributed by atoms with Gasteiger partial charge in [-0.05, 0) is 53.9 Å². The van der Waals surface area contributed by atoms with E-state index < -0.39 is 23.6 Å². The predicted octanol–water partition coefficient (Wildman–Crippen LogP) is 3.58. The number of rotatable bonds is 0. The topological polar surface area (TPSA) is 74.8 Å². The normalized spacial score (nSPS) is 16.4. The minimum Gasteiger partial charge on any atom is -0.277 e. The molecule has 0 fully saturated rings. The molecule has 2 aromatic rings. The van der Waals surface area contributed by atoms with Crippen LogP contribution in [0.5, 0.6) is 0 Å². The van der Waals surface area contributed by atoms with Gasteiger partial charge in [0.2, 0.25) is 0 Å². The number of amides is 4. The summed E-state index contributed by atoms with van der Waals surface area (Å²) >= 11 is 10.1. The van der Waals surface area contributed by atoms with E-state index in [4.69, 9.17) is 0 Å². The Hall–Kier alpha value is -1.58. The first-order chi connectivity index (χ1) is 11.7. The van der Waals surface area contributed by atoms with Crippen molar-refractivity contribution in [2.24, 2.45) is 0 Å². The number of hydrogen-bond acceptors (Lipinski definition) is 4. The Kier molecular flexibility index (Phi) is 3.52. The summed E-state index contributed by atoms with van der Waals surface area (Å²) in [6.07, 6.45) is 0. The molecule has 0 aromatic heterocycles. The van der Waals surface area contributed by atoms with Gasteiger partial charge in [0, 0.05) is 43.8 Å². The molecule has 6 nitrogen and oxygen atoms in total. The summed E-state index contributed by atoms with van der Waals surface area (Å²) in [5, 5.41) is 0.642. The zero-order valence-electron chi connectivity index (χ0n) is 12.7. The van der Waals surface area contributed by atoms with Crippen molar-refractivity contribution in [1.82, 2.24) is 9.80 Å². The smallest absolute Gasteiger partial charge is 0.262 e. The first kappa shape index (κ1) is 16.9. The van der Waals surface area contributed by atoms with E-state index in [-0.39, 0.29) is 22.3 Å². The zero-order valence-corrected chi connectivity index (χ0v) is 17.5. The molecule has 2 aliphatic heterocycles. The largest absolute Gasteiger partial charge is 0.277 e. The second-order valence-corrected chi connectivity index (χ2v) is 8.19. The molecule has 2 aromatic carbocycles. The summed E-state index contributed by atoms with van der Waals surface area (Å²) in [6, 6.07) is 1.53. The van der Waals surface area contributed by atoms with Crippen molar-refractivity contribution in [3.05, 3.63) is 41.7 Å². The minimum absolute atomic E-state index is 0.246. The third-order valence-corrected chi connectivity index (χ3v) is 7.24. The molecular weight excluding hydrogens is 524 g/mol. The highest BCUT2D eigenvalue weighted by molar-refractivity contribution is 9.13. The van der Waals surface area contributed by atoms with Crippen LogP contribution in [0, 0.1) is 0 Å². The van der Waals surface area contributed by atoms with E-state index in [9.17, 15) is 19.2 Å². The minimum atomic E-state index is -0.500. The first-order valence-electron chi connectivity index (χ1n) is 7.00. The zero-order chi connectivity index (χ0) is 18.4. The monoisotopic (exact) mass is 528 g/mol. The van der Waals surface area contributed by atoms with Crippen LogP contribution in [0.4, 0.5) is 0 Å². The van der Waals surface area contributed by atoms with Crippen LogP contribution in [0.1, 0.15) is 41.4 Å². The number of hydrogen-bond donors (Lipinski definition) is 0. The average Bonchev–Trinajstić information content (AvgIpc) is 2.57. The number of nitrogens with zero attached hydrogens (tertiary/aromatic N) is 2. The van der Waals surface area contributed by atoms with Gasteiger partial charge in [-0.3, -0.25) is 29.0 Å². The molecule has 9 heteroatoms. The maximum atomic E-state index is 12.7. The summed E-state index contributed by atoms with van der Waals surface area (Å²) in [7, 11) is 2.79. The molecule has 0 unspecified atom stereocenters. The molecule has 2 heterocycles. The van der Waals surface area contributed by atoms with Gasteiger partial charge in [0.15, 0.2) is 0 Å². The van der Waals surface area contributed by atoms with E-state index in [1.165, 1.54) is 20.2 Å². The molecule has 0 spiro atoms. The molecule has 0 atom stereocenters. The Balaban J connectivity index is 2.38. The second-order valence-electron chi connectivity index (χ2n) is 5.75. The van der Waals surface area contributed by atoms with Gasteiger partial charge >= 0.3 is 0 Å². The number of imide groups is 2. The number of carbonyl (C=O) groups excluding carboxylic acids is 4. The maximum absolute atomic E-state index is 12.7. The Morgan fingerprint density at radius 3 is 1.68 bits per heavy atom. The van der Waals surface area contributed by atoms with Crippen LogP contribution in [-0.4, -0.2) is 47.5 Å². The molecule has 126 valence electrons. The van der Waals surface area contributed by atoms with E-state index in [0.29, 0.717) is 24.2 Å². The van der Waals surface area contributed by atoms with Crippen LogP contribution in [0.2, 0.25) is 0 Å². The van der Waals surface area contributed by atoms with Gasteiger partial charge in [-0.25, -0.2) is 0 Å². The van der Waals surface area contributed by atoms with Crippen molar-refractivity contribution in [2.45, 2.75) is 0 Å². The average molecular weight is 531 g/mol. The SMILES string of the molecule is CN1C(=O)c2cc(Br)c3c4c(c(Br)c(Br)c(c24)C1=O)C(=O)N(C)C3=O. The Labute approximate surface area is 166 Å². The standard InChI is InChI=1S/C16H7Br3N2O4/c1-20-13(22)4-3-5(17)7-8-6(4)9(15(20)24)11(18)12(19)10(8)16(25)21(2)14(7)23/h3H,1-2H3. The van der Waals surface area contributed by atoms with Crippen LogP contribution in [0.15, 0.2) is 19.5 Å². The molecule has 0 bridgehead atoms. The van der Waals surface area contributed by atoms with Crippen LogP contribution >= 0.6 is 47.8 Å². The third-order valence-electron chi connectivity index (χ3n) is 4.50. The Morgan fingerprint density at radius 2 is 1.12 bits per heavy atom. The summed E-state index contributed by atoms with van der Waals surface area (Å²) in [5.41, 5.74) is 1.02. The second kappa shape index (κ2) is 5.21. The van der Waals surface area contributed by atoms with Gasteiger partial charge in [0.1, 0.15) is 0 Å². The van der Waals surface area contributed by atoms with Crippen molar-refractivity contribution in [2.75, 3.05) is 14.1 Å². The highest BCUT2D eigenvalue weighted by Crippen LogP contribution is 2.47. The molecule has 0 aliphatic carbocycles. The van der Waals surface area contributed by atoms with E-state index in [1.807, 2.05) is 0 Å². The number of halogens is 3. The van der Waals surface area contributed by atoms with Gasteiger partial charge in [-0.2, -0.15) is 0 Å². The van der Waals surface area contributed by atoms with Crippen molar-refractivity contribution >= 4 is 82.2 Å². The van der Waals surface area contributed by atoms with Gasteiger partial charge in [-0.1, -0.05) is 0 Å².